The van der Waals surface area contributed by atoms with E-state index in [2.05, 4.69) is 34.2 Å². The molecule has 0 aliphatic heterocycles. The first-order valence-corrected chi connectivity index (χ1v) is 9.35. The molecule has 2 aromatic heterocycles. The first-order valence-electron chi connectivity index (χ1n) is 8.53. The summed E-state index contributed by atoms with van der Waals surface area (Å²) < 4.78 is 2.19. The summed E-state index contributed by atoms with van der Waals surface area (Å²) in [6.45, 7) is 2.98. The van der Waals surface area contributed by atoms with Crippen molar-refractivity contribution >= 4 is 11.3 Å². The second-order valence-electron chi connectivity index (χ2n) is 6.59. The second kappa shape index (κ2) is 6.13. The molecule has 0 amide bonds. The van der Waals surface area contributed by atoms with E-state index in [4.69, 9.17) is 5.10 Å². The molecule has 2 aromatic rings. The highest BCUT2D eigenvalue weighted by molar-refractivity contribution is 7.11. The molecule has 2 aliphatic rings. The lowest BCUT2D eigenvalue weighted by Gasteiger charge is -2.22. The van der Waals surface area contributed by atoms with Gasteiger partial charge in [-0.2, -0.15) is 5.10 Å². The molecule has 1 fully saturated rings. The Bertz CT molecular complexity index is 639. The molecule has 0 saturated heterocycles. The summed E-state index contributed by atoms with van der Waals surface area (Å²) in [6.07, 6.45) is 11.1. The first-order chi connectivity index (χ1) is 10.8. The van der Waals surface area contributed by atoms with E-state index in [-0.39, 0.29) is 0 Å². The van der Waals surface area contributed by atoms with Gasteiger partial charge in [0.25, 0.3) is 0 Å². The third kappa shape index (κ3) is 2.84. The van der Waals surface area contributed by atoms with Crippen molar-refractivity contribution < 1.29 is 0 Å². The molecular formula is C17H24N4S. The Labute approximate surface area is 136 Å². The highest BCUT2D eigenvalue weighted by Crippen LogP contribution is 2.34. The lowest BCUT2D eigenvalue weighted by molar-refractivity contribution is 0.442. The lowest BCUT2D eigenvalue weighted by atomic mass is 9.98. The van der Waals surface area contributed by atoms with Crippen LogP contribution in [0.25, 0.3) is 0 Å². The van der Waals surface area contributed by atoms with Gasteiger partial charge < -0.3 is 5.32 Å². The number of nitrogens with zero attached hydrogens (tertiary/aromatic N) is 3. The van der Waals surface area contributed by atoms with Crippen LogP contribution in [0.4, 0.5) is 0 Å². The van der Waals surface area contributed by atoms with Crippen LogP contribution in [-0.2, 0) is 13.0 Å². The van der Waals surface area contributed by atoms with Crippen LogP contribution in [0.5, 0.6) is 0 Å². The normalized spacial score (nSPS) is 22.1. The topological polar surface area (TPSA) is 42.7 Å². The van der Waals surface area contributed by atoms with E-state index in [0.29, 0.717) is 12.1 Å². The van der Waals surface area contributed by atoms with E-state index in [0.717, 1.165) is 13.0 Å². The fraction of sp³-hybridized carbons (Fsp3) is 0.647. The molecule has 0 bridgehead atoms. The highest BCUT2D eigenvalue weighted by atomic mass is 32.1. The van der Waals surface area contributed by atoms with Crippen LogP contribution < -0.4 is 5.32 Å². The van der Waals surface area contributed by atoms with Gasteiger partial charge in [0.05, 0.1) is 22.4 Å². The number of thiazole rings is 1. The molecule has 118 valence electrons. The third-order valence-corrected chi connectivity index (χ3v) is 6.08. The molecule has 1 N–H and O–H groups in total. The molecule has 2 heterocycles. The van der Waals surface area contributed by atoms with Crippen LogP contribution in [0.2, 0.25) is 0 Å². The molecule has 1 unspecified atom stereocenters. The fourth-order valence-electron chi connectivity index (χ4n) is 3.81. The molecule has 0 radical (unpaired) electrons. The predicted molar refractivity (Wildman–Crippen MR) is 89.1 cm³/mol. The summed E-state index contributed by atoms with van der Waals surface area (Å²) in [5, 5.41) is 9.68. The number of aryl methyl sites for hydroxylation is 2. The predicted octanol–water partition coefficient (Wildman–Crippen LogP) is 3.93. The Hall–Kier alpha value is -1.20. The van der Waals surface area contributed by atoms with E-state index in [9.17, 15) is 0 Å². The van der Waals surface area contributed by atoms with Gasteiger partial charge in [0.15, 0.2) is 0 Å². The highest BCUT2D eigenvalue weighted by Gasteiger charge is 2.24. The average molecular weight is 316 g/mol. The summed E-state index contributed by atoms with van der Waals surface area (Å²) in [4.78, 5) is 6.13. The van der Waals surface area contributed by atoms with Crippen LogP contribution in [0.15, 0.2) is 12.3 Å². The number of rotatable bonds is 4. The quantitative estimate of drug-likeness (QED) is 0.929. The Morgan fingerprint density at radius 2 is 2.14 bits per heavy atom. The Morgan fingerprint density at radius 3 is 3.00 bits per heavy atom. The minimum absolute atomic E-state index is 0.464. The van der Waals surface area contributed by atoms with Crippen LogP contribution in [0.3, 0.4) is 0 Å². The van der Waals surface area contributed by atoms with E-state index >= 15 is 0 Å². The van der Waals surface area contributed by atoms with Gasteiger partial charge in [-0.1, -0.05) is 12.8 Å². The molecule has 4 nitrogen and oxygen atoms in total. The van der Waals surface area contributed by atoms with Crippen molar-refractivity contribution in [2.75, 3.05) is 0 Å². The molecule has 5 heteroatoms. The van der Waals surface area contributed by atoms with Crippen LogP contribution in [-0.4, -0.2) is 14.8 Å². The zero-order valence-corrected chi connectivity index (χ0v) is 14.0. The minimum atomic E-state index is 0.464. The SMILES string of the molecule is Cc1nc2c(s1)C(NCc1ccn(C3CCCC3)n1)CCC2. The monoisotopic (exact) mass is 316 g/mol. The average Bonchev–Trinajstić information content (AvgIpc) is 3.24. The van der Waals surface area contributed by atoms with Crippen molar-refractivity contribution in [1.82, 2.24) is 20.1 Å². The molecule has 2 aliphatic carbocycles. The van der Waals surface area contributed by atoms with Gasteiger partial charge in [0.2, 0.25) is 0 Å². The van der Waals surface area contributed by atoms with Gasteiger partial charge in [-0.15, -0.1) is 11.3 Å². The van der Waals surface area contributed by atoms with Crippen molar-refractivity contribution in [1.29, 1.82) is 0 Å². The largest absolute Gasteiger partial charge is 0.303 e. The summed E-state index contributed by atoms with van der Waals surface area (Å²) >= 11 is 1.86. The second-order valence-corrected chi connectivity index (χ2v) is 7.83. The first kappa shape index (κ1) is 14.4. The molecule has 22 heavy (non-hydrogen) atoms. The van der Waals surface area contributed by atoms with Gasteiger partial charge >= 0.3 is 0 Å². The van der Waals surface area contributed by atoms with Crippen molar-refractivity contribution in [3.05, 3.63) is 33.5 Å². The van der Waals surface area contributed by atoms with Crippen molar-refractivity contribution in [3.63, 3.8) is 0 Å². The number of fused-ring (bicyclic) bond motifs is 1. The van der Waals surface area contributed by atoms with Gasteiger partial charge in [-0.3, -0.25) is 4.68 Å². The summed E-state index contributed by atoms with van der Waals surface area (Å²) in [5.41, 5.74) is 2.49. The lowest BCUT2D eigenvalue weighted by Crippen LogP contribution is -2.24. The van der Waals surface area contributed by atoms with Gasteiger partial charge in [0, 0.05) is 23.7 Å². The van der Waals surface area contributed by atoms with Crippen LogP contribution in [0.1, 0.15) is 71.9 Å². The Kier molecular flexibility index (Phi) is 4.01. The number of nitrogens with one attached hydrogen (secondary N) is 1. The van der Waals surface area contributed by atoms with Crippen LogP contribution >= 0.6 is 11.3 Å². The van der Waals surface area contributed by atoms with E-state index in [1.807, 2.05) is 11.3 Å². The maximum Gasteiger partial charge on any atom is 0.0900 e. The van der Waals surface area contributed by atoms with Gasteiger partial charge in [-0.05, 0) is 45.1 Å². The zero-order valence-electron chi connectivity index (χ0n) is 13.2. The summed E-state index contributed by atoms with van der Waals surface area (Å²) in [7, 11) is 0. The summed E-state index contributed by atoms with van der Waals surface area (Å²) in [6, 6.07) is 3.28. The maximum atomic E-state index is 4.78. The smallest absolute Gasteiger partial charge is 0.0900 e. The van der Waals surface area contributed by atoms with E-state index in [1.165, 1.54) is 59.8 Å². The third-order valence-electron chi connectivity index (χ3n) is 4.95. The van der Waals surface area contributed by atoms with Gasteiger partial charge in [-0.25, -0.2) is 4.98 Å². The number of hydrogen-bond donors (Lipinski definition) is 1. The maximum absolute atomic E-state index is 4.78. The Balaban J connectivity index is 1.41. The van der Waals surface area contributed by atoms with Crippen molar-refractivity contribution in [2.45, 2.75) is 70.5 Å². The standard InChI is InChI=1S/C17H24N4S/c1-12-19-16-8-4-7-15(17(16)22-12)18-11-13-9-10-21(20-13)14-5-2-3-6-14/h9-10,14-15,18H,2-8,11H2,1H3. The molecule has 1 atom stereocenters. The number of hydrogen-bond acceptors (Lipinski definition) is 4. The number of aromatic nitrogens is 3. The summed E-state index contributed by atoms with van der Waals surface area (Å²) in [5.74, 6) is 0. The van der Waals surface area contributed by atoms with Crippen molar-refractivity contribution in [3.8, 4) is 0 Å². The van der Waals surface area contributed by atoms with Crippen LogP contribution in [0, 0.1) is 6.92 Å². The minimum Gasteiger partial charge on any atom is -0.303 e. The molecular weight excluding hydrogens is 292 g/mol. The fourth-order valence-corrected chi connectivity index (χ4v) is 4.89. The zero-order chi connectivity index (χ0) is 14.9. The van der Waals surface area contributed by atoms with E-state index < -0.39 is 0 Å². The Morgan fingerprint density at radius 1 is 1.27 bits per heavy atom. The van der Waals surface area contributed by atoms with E-state index in [1.54, 1.807) is 0 Å². The molecule has 4 rings (SSSR count). The molecule has 1 saturated carbocycles. The van der Waals surface area contributed by atoms with Gasteiger partial charge in [0.1, 0.15) is 0 Å². The molecule has 0 spiro atoms. The van der Waals surface area contributed by atoms with Crippen molar-refractivity contribution in [2.24, 2.45) is 0 Å². The molecule has 0 aromatic carbocycles.